The molecule has 0 radical (unpaired) electrons. The van der Waals surface area contributed by atoms with Crippen LogP contribution in [0.1, 0.15) is 27.0 Å². The van der Waals surface area contributed by atoms with Crippen molar-refractivity contribution in [3.63, 3.8) is 0 Å². The zero-order valence-electron chi connectivity index (χ0n) is 15.7. The molecular formula is C21H28ClNO2. The zero-order valence-corrected chi connectivity index (χ0v) is 16.5. The summed E-state index contributed by atoms with van der Waals surface area (Å²) >= 11 is 0. The standard InChI is InChI=1S/C21H27NO2.ClH/c1-15-16(2)20(24-5)12-11-19(15)21(23)18(14-22(3)4)13-17-9-7-6-8-10-17;/h6-12,18H,13-14H2,1-5H3;1H/t18-;/m0./s1. The summed E-state index contributed by atoms with van der Waals surface area (Å²) in [5.41, 5.74) is 4.04. The van der Waals surface area contributed by atoms with Crippen molar-refractivity contribution in [1.82, 2.24) is 4.90 Å². The number of hydrogen-bond acceptors (Lipinski definition) is 3. The van der Waals surface area contributed by atoms with Crippen molar-refractivity contribution in [3.8, 4) is 5.75 Å². The van der Waals surface area contributed by atoms with Crippen LogP contribution in [0.4, 0.5) is 0 Å². The number of carbonyl (C=O) groups excluding carboxylic acids is 1. The lowest BCUT2D eigenvalue weighted by atomic mass is 9.88. The number of Topliss-reactive ketones (excluding diaryl/α,β-unsaturated/α-hetero) is 1. The van der Waals surface area contributed by atoms with Gasteiger partial charge in [-0.25, -0.2) is 0 Å². The maximum Gasteiger partial charge on any atom is 0.167 e. The van der Waals surface area contributed by atoms with Gasteiger partial charge in [0.1, 0.15) is 5.75 Å². The molecule has 0 spiro atoms. The predicted molar refractivity (Wildman–Crippen MR) is 106 cm³/mol. The number of hydrogen-bond donors (Lipinski definition) is 0. The van der Waals surface area contributed by atoms with E-state index >= 15 is 0 Å². The number of methoxy groups -OCH3 is 1. The van der Waals surface area contributed by atoms with E-state index in [1.165, 1.54) is 5.56 Å². The molecule has 0 saturated carbocycles. The van der Waals surface area contributed by atoms with Crippen LogP contribution in [-0.4, -0.2) is 38.4 Å². The molecule has 0 heterocycles. The second kappa shape index (κ2) is 9.59. The molecule has 0 aromatic heterocycles. The Labute approximate surface area is 157 Å². The number of ether oxygens (including phenoxy) is 1. The maximum atomic E-state index is 13.2. The third kappa shape index (κ3) is 5.32. The van der Waals surface area contributed by atoms with E-state index in [0.717, 1.165) is 35.4 Å². The van der Waals surface area contributed by atoms with E-state index in [-0.39, 0.29) is 24.1 Å². The van der Waals surface area contributed by atoms with E-state index < -0.39 is 0 Å². The highest BCUT2D eigenvalue weighted by molar-refractivity contribution is 6.00. The van der Waals surface area contributed by atoms with Crippen LogP contribution in [0.5, 0.6) is 5.75 Å². The van der Waals surface area contributed by atoms with E-state index in [0.29, 0.717) is 0 Å². The second-order valence-electron chi connectivity index (χ2n) is 6.58. The molecule has 0 fully saturated rings. The monoisotopic (exact) mass is 361 g/mol. The molecule has 4 heteroatoms. The summed E-state index contributed by atoms with van der Waals surface area (Å²) in [6.07, 6.45) is 0.752. The smallest absolute Gasteiger partial charge is 0.167 e. The Morgan fingerprint density at radius 2 is 1.68 bits per heavy atom. The lowest BCUT2D eigenvalue weighted by molar-refractivity contribution is 0.0896. The van der Waals surface area contributed by atoms with Crippen molar-refractivity contribution >= 4 is 18.2 Å². The number of carbonyl (C=O) groups is 1. The van der Waals surface area contributed by atoms with Crippen molar-refractivity contribution in [2.24, 2.45) is 5.92 Å². The van der Waals surface area contributed by atoms with Crippen LogP contribution in [0, 0.1) is 19.8 Å². The van der Waals surface area contributed by atoms with Gasteiger partial charge in [0, 0.05) is 18.0 Å². The highest BCUT2D eigenvalue weighted by atomic mass is 35.5. The van der Waals surface area contributed by atoms with E-state index in [1.807, 2.05) is 58.3 Å². The highest BCUT2D eigenvalue weighted by Gasteiger charge is 2.23. The third-order valence-corrected chi connectivity index (χ3v) is 4.50. The van der Waals surface area contributed by atoms with Gasteiger partial charge in [-0.3, -0.25) is 4.79 Å². The molecule has 0 aliphatic heterocycles. The molecule has 25 heavy (non-hydrogen) atoms. The Morgan fingerprint density at radius 3 is 2.24 bits per heavy atom. The van der Waals surface area contributed by atoms with Gasteiger partial charge in [-0.2, -0.15) is 0 Å². The Morgan fingerprint density at radius 1 is 1.04 bits per heavy atom. The molecule has 2 aromatic carbocycles. The summed E-state index contributed by atoms with van der Waals surface area (Å²) in [5, 5.41) is 0. The maximum absolute atomic E-state index is 13.2. The average Bonchev–Trinajstić information content (AvgIpc) is 2.56. The van der Waals surface area contributed by atoms with Gasteiger partial charge in [-0.05, 0) is 63.2 Å². The lowest BCUT2D eigenvalue weighted by Crippen LogP contribution is -2.30. The molecule has 2 rings (SSSR count). The first-order valence-corrected chi connectivity index (χ1v) is 8.31. The van der Waals surface area contributed by atoms with E-state index in [4.69, 9.17) is 4.74 Å². The van der Waals surface area contributed by atoms with Crippen molar-refractivity contribution in [3.05, 3.63) is 64.7 Å². The van der Waals surface area contributed by atoms with Gasteiger partial charge in [0.15, 0.2) is 5.78 Å². The topological polar surface area (TPSA) is 29.5 Å². The second-order valence-corrected chi connectivity index (χ2v) is 6.58. The first kappa shape index (κ1) is 21.2. The molecular weight excluding hydrogens is 334 g/mol. The zero-order chi connectivity index (χ0) is 17.7. The largest absolute Gasteiger partial charge is 0.496 e. The molecule has 0 unspecified atom stereocenters. The fraction of sp³-hybridized carbons (Fsp3) is 0.381. The van der Waals surface area contributed by atoms with Crippen molar-refractivity contribution in [2.75, 3.05) is 27.7 Å². The lowest BCUT2D eigenvalue weighted by Gasteiger charge is -2.22. The number of halogens is 1. The molecule has 136 valence electrons. The predicted octanol–water partition coefficient (Wildman–Crippen LogP) is 4.34. The molecule has 0 aliphatic carbocycles. The van der Waals surface area contributed by atoms with Crippen LogP contribution in [0.2, 0.25) is 0 Å². The summed E-state index contributed by atoms with van der Waals surface area (Å²) in [6.45, 7) is 4.74. The first-order chi connectivity index (χ1) is 11.4. The molecule has 0 amide bonds. The van der Waals surface area contributed by atoms with E-state index in [2.05, 4.69) is 17.0 Å². The quantitative estimate of drug-likeness (QED) is 0.687. The van der Waals surface area contributed by atoms with Crippen molar-refractivity contribution < 1.29 is 9.53 Å². The number of ketones is 1. The Hall–Kier alpha value is -1.84. The third-order valence-electron chi connectivity index (χ3n) is 4.50. The minimum atomic E-state index is -0.0612. The number of benzene rings is 2. The Balaban J connectivity index is 0.00000312. The minimum Gasteiger partial charge on any atom is -0.496 e. The fourth-order valence-electron chi connectivity index (χ4n) is 3.08. The van der Waals surface area contributed by atoms with Gasteiger partial charge >= 0.3 is 0 Å². The van der Waals surface area contributed by atoms with Crippen LogP contribution in [-0.2, 0) is 6.42 Å². The summed E-state index contributed by atoms with van der Waals surface area (Å²) in [6, 6.07) is 14.0. The van der Waals surface area contributed by atoms with Crippen LogP contribution in [0.3, 0.4) is 0 Å². The fourth-order valence-corrected chi connectivity index (χ4v) is 3.08. The number of nitrogens with zero attached hydrogens (tertiary/aromatic N) is 1. The highest BCUT2D eigenvalue weighted by Crippen LogP contribution is 2.26. The Kier molecular flexibility index (Phi) is 8.14. The summed E-state index contributed by atoms with van der Waals surface area (Å²) in [4.78, 5) is 15.3. The molecule has 0 aliphatic rings. The van der Waals surface area contributed by atoms with E-state index in [1.54, 1.807) is 7.11 Å². The van der Waals surface area contributed by atoms with Crippen molar-refractivity contribution in [1.29, 1.82) is 0 Å². The Bertz CT molecular complexity index is 699. The van der Waals surface area contributed by atoms with Gasteiger partial charge in [0.05, 0.1) is 7.11 Å². The molecule has 0 N–H and O–H groups in total. The van der Waals surface area contributed by atoms with E-state index in [9.17, 15) is 4.79 Å². The van der Waals surface area contributed by atoms with Crippen molar-refractivity contribution in [2.45, 2.75) is 20.3 Å². The van der Waals surface area contributed by atoms with Gasteiger partial charge in [0.25, 0.3) is 0 Å². The van der Waals surface area contributed by atoms with Gasteiger partial charge in [-0.1, -0.05) is 30.3 Å². The summed E-state index contributed by atoms with van der Waals surface area (Å²) < 4.78 is 5.36. The summed E-state index contributed by atoms with van der Waals surface area (Å²) in [5.74, 6) is 0.973. The normalized spacial score (nSPS) is 11.8. The molecule has 0 bridgehead atoms. The van der Waals surface area contributed by atoms with Gasteiger partial charge in [0.2, 0.25) is 0 Å². The molecule has 1 atom stereocenters. The van der Waals surface area contributed by atoms with Crippen LogP contribution in [0.15, 0.2) is 42.5 Å². The molecule has 3 nitrogen and oxygen atoms in total. The average molecular weight is 362 g/mol. The van der Waals surface area contributed by atoms with Gasteiger partial charge < -0.3 is 9.64 Å². The summed E-state index contributed by atoms with van der Waals surface area (Å²) in [7, 11) is 5.68. The molecule has 2 aromatic rings. The minimum absolute atomic E-state index is 0. The van der Waals surface area contributed by atoms with Crippen LogP contribution < -0.4 is 4.74 Å². The molecule has 0 saturated heterocycles. The SMILES string of the molecule is COc1ccc(C(=O)[C@@H](Cc2ccccc2)CN(C)C)c(C)c1C.Cl. The first-order valence-electron chi connectivity index (χ1n) is 8.31. The van der Waals surface area contributed by atoms with Crippen LogP contribution >= 0.6 is 12.4 Å². The van der Waals surface area contributed by atoms with Crippen LogP contribution in [0.25, 0.3) is 0 Å². The van der Waals surface area contributed by atoms with Gasteiger partial charge in [-0.15, -0.1) is 12.4 Å². The number of rotatable bonds is 7.